The number of hydrogen-bond donors (Lipinski definition) is 3. The second-order valence-corrected chi connectivity index (χ2v) is 5.42. The maximum Gasteiger partial charge on any atom is 0.251 e. The summed E-state index contributed by atoms with van der Waals surface area (Å²) in [6.45, 7) is 1.71. The van der Waals surface area contributed by atoms with Crippen LogP contribution in [0, 0.1) is 6.92 Å². The van der Waals surface area contributed by atoms with Crippen LogP contribution in [0.2, 0.25) is 0 Å². The summed E-state index contributed by atoms with van der Waals surface area (Å²) in [5.74, 6) is -0.633. The number of hydrogen-bond acceptors (Lipinski definition) is 4. The number of aryl methyl sites for hydroxylation is 1. The number of nitrogens with zero attached hydrogens (tertiary/aromatic N) is 2. The Bertz CT molecular complexity index is 889. The maximum atomic E-state index is 12.1. The van der Waals surface area contributed by atoms with E-state index in [1.54, 1.807) is 24.4 Å². The summed E-state index contributed by atoms with van der Waals surface area (Å²) in [6.07, 6.45) is 3.16. The van der Waals surface area contributed by atoms with Crippen molar-refractivity contribution in [2.75, 3.05) is 11.9 Å². The Morgan fingerprint density at radius 1 is 1.12 bits per heavy atom. The first-order chi connectivity index (χ1) is 12.1. The lowest BCUT2D eigenvalue weighted by molar-refractivity contribution is -0.115. The van der Waals surface area contributed by atoms with Gasteiger partial charge in [-0.1, -0.05) is 24.3 Å². The smallest absolute Gasteiger partial charge is 0.251 e. The normalized spacial score (nSPS) is 10.3. The molecule has 0 radical (unpaired) electrons. The molecule has 0 aliphatic heterocycles. The van der Waals surface area contributed by atoms with Gasteiger partial charge in [0.15, 0.2) is 0 Å². The first-order valence-electron chi connectivity index (χ1n) is 7.73. The first kappa shape index (κ1) is 16.4. The largest absolute Gasteiger partial charge is 0.343 e. The minimum absolute atomic E-state index is 0.139. The fourth-order valence-corrected chi connectivity index (χ4v) is 2.36. The lowest BCUT2D eigenvalue weighted by atomic mass is 10.1. The van der Waals surface area contributed by atoms with Crippen LogP contribution in [0.3, 0.4) is 0 Å². The van der Waals surface area contributed by atoms with E-state index >= 15 is 0 Å². The fraction of sp³-hybridized carbons (Fsp3) is 0.111. The van der Waals surface area contributed by atoms with Crippen molar-refractivity contribution in [3.8, 4) is 11.4 Å². The Hall–Kier alpha value is -3.48. The van der Waals surface area contributed by atoms with Crippen LogP contribution in [-0.4, -0.2) is 33.5 Å². The Morgan fingerprint density at radius 3 is 2.68 bits per heavy atom. The van der Waals surface area contributed by atoms with Gasteiger partial charge < -0.3 is 10.6 Å². The van der Waals surface area contributed by atoms with Crippen molar-refractivity contribution >= 4 is 17.5 Å². The standard InChI is InChI=1S/C18H17N5O2/c1-12-6-2-3-7-13(12)18(25)20-11-16(24)22-15-10-21-23-17(15)14-8-4-5-9-19-14/h2-10H,11H2,1H3,(H,20,25)(H,21,23)(H,22,24). The number of amides is 2. The molecule has 0 fully saturated rings. The molecule has 3 aromatic rings. The van der Waals surface area contributed by atoms with E-state index in [1.165, 1.54) is 6.20 Å². The lowest BCUT2D eigenvalue weighted by Gasteiger charge is -2.08. The molecule has 0 unspecified atom stereocenters. The molecule has 0 aliphatic carbocycles. The van der Waals surface area contributed by atoms with Crippen molar-refractivity contribution < 1.29 is 9.59 Å². The number of carbonyl (C=O) groups is 2. The highest BCUT2D eigenvalue weighted by Crippen LogP contribution is 2.22. The van der Waals surface area contributed by atoms with Gasteiger partial charge in [-0.05, 0) is 30.7 Å². The second kappa shape index (κ2) is 7.39. The van der Waals surface area contributed by atoms with Crippen molar-refractivity contribution in [1.29, 1.82) is 0 Å². The Morgan fingerprint density at radius 2 is 1.92 bits per heavy atom. The van der Waals surface area contributed by atoms with Gasteiger partial charge in [0, 0.05) is 11.8 Å². The molecule has 2 aromatic heterocycles. The van der Waals surface area contributed by atoms with E-state index in [0.717, 1.165) is 5.56 Å². The molecule has 7 heteroatoms. The van der Waals surface area contributed by atoms with Gasteiger partial charge in [-0.2, -0.15) is 5.10 Å². The molecule has 0 spiro atoms. The molecule has 2 heterocycles. The maximum absolute atomic E-state index is 12.1. The van der Waals surface area contributed by atoms with E-state index in [1.807, 2.05) is 31.2 Å². The summed E-state index contributed by atoms with van der Waals surface area (Å²) in [4.78, 5) is 28.5. The van der Waals surface area contributed by atoms with Gasteiger partial charge in [0.05, 0.1) is 24.1 Å². The quantitative estimate of drug-likeness (QED) is 0.665. The number of aromatic nitrogens is 3. The van der Waals surface area contributed by atoms with Crippen LogP contribution in [0.1, 0.15) is 15.9 Å². The summed E-state index contributed by atoms with van der Waals surface area (Å²) in [7, 11) is 0. The lowest BCUT2D eigenvalue weighted by Crippen LogP contribution is -2.33. The number of rotatable bonds is 5. The molecule has 3 rings (SSSR count). The highest BCUT2D eigenvalue weighted by Gasteiger charge is 2.13. The third kappa shape index (κ3) is 3.89. The van der Waals surface area contributed by atoms with Crippen LogP contribution < -0.4 is 10.6 Å². The van der Waals surface area contributed by atoms with Crippen LogP contribution in [0.5, 0.6) is 0 Å². The average molecular weight is 335 g/mol. The molecule has 2 amide bonds. The van der Waals surface area contributed by atoms with Gasteiger partial charge in [-0.25, -0.2) is 0 Å². The van der Waals surface area contributed by atoms with Crippen LogP contribution in [-0.2, 0) is 4.79 Å². The van der Waals surface area contributed by atoms with Gasteiger partial charge in [0.2, 0.25) is 5.91 Å². The summed E-state index contributed by atoms with van der Waals surface area (Å²) >= 11 is 0. The van der Waals surface area contributed by atoms with Gasteiger partial charge >= 0.3 is 0 Å². The molecule has 3 N–H and O–H groups in total. The molecule has 0 saturated heterocycles. The van der Waals surface area contributed by atoms with E-state index in [2.05, 4.69) is 25.8 Å². The van der Waals surface area contributed by atoms with Gasteiger partial charge in [-0.3, -0.25) is 19.7 Å². The third-order valence-corrected chi connectivity index (χ3v) is 3.63. The summed E-state index contributed by atoms with van der Waals surface area (Å²) < 4.78 is 0. The molecule has 25 heavy (non-hydrogen) atoms. The Labute approximate surface area is 144 Å². The molecule has 0 aliphatic rings. The number of carbonyl (C=O) groups excluding carboxylic acids is 2. The van der Waals surface area contributed by atoms with E-state index in [-0.39, 0.29) is 18.4 Å². The van der Waals surface area contributed by atoms with Gasteiger partial charge in [0.25, 0.3) is 5.91 Å². The molecule has 0 bridgehead atoms. The highest BCUT2D eigenvalue weighted by molar-refractivity contribution is 6.01. The molecule has 7 nitrogen and oxygen atoms in total. The summed E-state index contributed by atoms with van der Waals surface area (Å²) in [5.41, 5.74) is 3.19. The van der Waals surface area contributed by atoms with E-state index in [0.29, 0.717) is 22.6 Å². The minimum atomic E-state index is -0.347. The van der Waals surface area contributed by atoms with Crippen LogP contribution in [0.15, 0.2) is 54.9 Å². The van der Waals surface area contributed by atoms with Crippen molar-refractivity contribution in [2.24, 2.45) is 0 Å². The van der Waals surface area contributed by atoms with Crippen molar-refractivity contribution in [3.63, 3.8) is 0 Å². The Kier molecular flexibility index (Phi) is 4.84. The zero-order valence-corrected chi connectivity index (χ0v) is 13.6. The molecule has 0 atom stereocenters. The van der Waals surface area contributed by atoms with Crippen LogP contribution in [0.25, 0.3) is 11.4 Å². The number of H-pyrrole nitrogens is 1. The molecular formula is C18H17N5O2. The summed E-state index contributed by atoms with van der Waals surface area (Å²) in [6, 6.07) is 12.7. The minimum Gasteiger partial charge on any atom is -0.343 e. The van der Waals surface area contributed by atoms with E-state index < -0.39 is 0 Å². The van der Waals surface area contributed by atoms with Gasteiger partial charge in [-0.15, -0.1) is 0 Å². The average Bonchev–Trinajstić information content (AvgIpc) is 3.09. The predicted molar refractivity (Wildman–Crippen MR) is 94.0 cm³/mol. The van der Waals surface area contributed by atoms with E-state index in [4.69, 9.17) is 0 Å². The monoisotopic (exact) mass is 335 g/mol. The van der Waals surface area contributed by atoms with Crippen molar-refractivity contribution in [1.82, 2.24) is 20.5 Å². The van der Waals surface area contributed by atoms with Crippen molar-refractivity contribution in [3.05, 3.63) is 66.0 Å². The zero-order valence-electron chi connectivity index (χ0n) is 13.6. The molecule has 126 valence electrons. The molecule has 1 aromatic carbocycles. The fourth-order valence-electron chi connectivity index (χ4n) is 2.36. The SMILES string of the molecule is Cc1ccccc1C(=O)NCC(=O)Nc1cn[nH]c1-c1ccccn1. The Balaban J connectivity index is 1.62. The topological polar surface area (TPSA) is 99.8 Å². The number of aromatic amines is 1. The third-order valence-electron chi connectivity index (χ3n) is 3.63. The first-order valence-corrected chi connectivity index (χ1v) is 7.73. The zero-order chi connectivity index (χ0) is 17.6. The second-order valence-electron chi connectivity index (χ2n) is 5.42. The van der Waals surface area contributed by atoms with Gasteiger partial charge in [0.1, 0.15) is 5.69 Å². The highest BCUT2D eigenvalue weighted by atomic mass is 16.2. The molecular weight excluding hydrogens is 318 g/mol. The number of nitrogens with one attached hydrogen (secondary N) is 3. The molecule has 0 saturated carbocycles. The van der Waals surface area contributed by atoms with Crippen molar-refractivity contribution in [2.45, 2.75) is 6.92 Å². The number of pyridine rings is 1. The summed E-state index contributed by atoms with van der Waals surface area (Å²) in [5, 5.41) is 12.1. The predicted octanol–water partition coefficient (Wildman–Crippen LogP) is 2.15. The van der Waals surface area contributed by atoms with E-state index in [9.17, 15) is 9.59 Å². The number of benzene rings is 1. The number of anilines is 1. The van der Waals surface area contributed by atoms with Crippen LogP contribution in [0.4, 0.5) is 5.69 Å². The van der Waals surface area contributed by atoms with Crippen LogP contribution >= 0.6 is 0 Å².